The average molecular weight is 474 g/mol. The molecule has 178 valence electrons. The van der Waals surface area contributed by atoms with Crippen LogP contribution in [0.2, 0.25) is 0 Å². The highest BCUT2D eigenvalue weighted by atomic mass is 19.4. The molecule has 2 heterocycles. The number of carboxylic acid groups (broad SMARTS) is 1. The molecule has 0 unspecified atom stereocenters. The maximum atomic E-state index is 13.6. The number of carbonyl (C=O) groups is 1. The minimum Gasteiger partial charge on any atom is -0.490 e. The molecule has 2 aromatic carbocycles. The maximum Gasteiger partial charge on any atom is 0.419 e. The van der Waals surface area contributed by atoms with Gasteiger partial charge in [-0.25, -0.2) is 0 Å². The average Bonchev–Trinajstić information content (AvgIpc) is 3.40. The molecule has 0 amide bonds. The van der Waals surface area contributed by atoms with Gasteiger partial charge in [-0.1, -0.05) is 17.3 Å². The number of hydrogen-bond donors (Lipinski definition) is 1. The third-order valence-electron chi connectivity index (χ3n) is 5.01. The van der Waals surface area contributed by atoms with Crippen molar-refractivity contribution in [2.45, 2.75) is 45.5 Å². The van der Waals surface area contributed by atoms with Crippen molar-refractivity contribution in [3.05, 3.63) is 48.2 Å². The van der Waals surface area contributed by atoms with E-state index in [-0.39, 0.29) is 29.4 Å². The molecule has 0 aliphatic carbocycles. The van der Waals surface area contributed by atoms with Crippen molar-refractivity contribution in [2.24, 2.45) is 0 Å². The number of rotatable bonds is 8. The normalized spacial score (nSPS) is 11.9. The zero-order valence-electron chi connectivity index (χ0n) is 18.3. The Labute approximate surface area is 192 Å². The maximum absolute atomic E-state index is 13.6. The van der Waals surface area contributed by atoms with Gasteiger partial charge in [0.1, 0.15) is 5.75 Å². The molecule has 0 bridgehead atoms. The lowest BCUT2D eigenvalue weighted by molar-refractivity contribution is -0.139. The standard InChI is InChI=1S/C23H21F3N4O4/c1-13(2)33-19-9-8-14(11-17(19)23(24,25)26)22-28-21(29-34-22)15-5-3-6-18-16(15)12-27-30(18)10-4-7-20(31)32/h3,5-6,8-9,11-13H,4,7,10H2,1-2H3,(H,31,32). The highest BCUT2D eigenvalue weighted by Gasteiger charge is 2.35. The molecule has 0 aliphatic rings. The Morgan fingerprint density at radius 2 is 2.03 bits per heavy atom. The third kappa shape index (κ3) is 4.87. The Kier molecular flexibility index (Phi) is 6.27. The van der Waals surface area contributed by atoms with Crippen LogP contribution in [0.3, 0.4) is 0 Å². The van der Waals surface area contributed by atoms with E-state index < -0.39 is 23.8 Å². The Balaban J connectivity index is 1.66. The summed E-state index contributed by atoms with van der Waals surface area (Å²) >= 11 is 0. The molecule has 4 aromatic rings. The molecule has 2 aromatic heterocycles. The SMILES string of the molecule is CC(C)Oc1ccc(-c2nc(-c3cccc4c3cnn4CCCC(=O)O)no2)cc1C(F)(F)F. The van der Waals surface area contributed by atoms with Gasteiger partial charge in [0.15, 0.2) is 0 Å². The van der Waals surface area contributed by atoms with Crippen LogP contribution in [-0.4, -0.2) is 37.1 Å². The van der Waals surface area contributed by atoms with Crippen LogP contribution in [0.25, 0.3) is 33.7 Å². The minimum atomic E-state index is -4.62. The van der Waals surface area contributed by atoms with Gasteiger partial charge in [0.25, 0.3) is 5.89 Å². The van der Waals surface area contributed by atoms with E-state index in [0.29, 0.717) is 23.9 Å². The topological polar surface area (TPSA) is 103 Å². The number of hydrogen-bond acceptors (Lipinski definition) is 6. The van der Waals surface area contributed by atoms with Crippen molar-refractivity contribution in [1.82, 2.24) is 19.9 Å². The largest absolute Gasteiger partial charge is 0.490 e. The number of carboxylic acids is 1. The number of aromatic nitrogens is 4. The predicted octanol–water partition coefficient (Wildman–Crippen LogP) is 5.42. The summed E-state index contributed by atoms with van der Waals surface area (Å²) in [4.78, 5) is 15.1. The summed E-state index contributed by atoms with van der Waals surface area (Å²) in [7, 11) is 0. The second-order valence-electron chi connectivity index (χ2n) is 7.90. The van der Waals surface area contributed by atoms with Crippen molar-refractivity contribution in [2.75, 3.05) is 0 Å². The van der Waals surface area contributed by atoms with Gasteiger partial charge >= 0.3 is 12.1 Å². The quantitative estimate of drug-likeness (QED) is 0.363. The molecule has 11 heteroatoms. The Bertz CT molecular complexity index is 1330. The minimum absolute atomic E-state index is 0.0240. The van der Waals surface area contributed by atoms with Crippen molar-refractivity contribution >= 4 is 16.9 Å². The molecule has 0 radical (unpaired) electrons. The van der Waals surface area contributed by atoms with E-state index >= 15 is 0 Å². The fourth-order valence-electron chi connectivity index (χ4n) is 3.55. The van der Waals surface area contributed by atoms with Gasteiger partial charge in [0.05, 0.1) is 23.4 Å². The summed E-state index contributed by atoms with van der Waals surface area (Å²) in [6.07, 6.45) is -2.99. The van der Waals surface area contributed by atoms with Crippen LogP contribution >= 0.6 is 0 Å². The van der Waals surface area contributed by atoms with Crippen molar-refractivity contribution < 1.29 is 32.3 Å². The van der Waals surface area contributed by atoms with Gasteiger partial charge < -0.3 is 14.4 Å². The lowest BCUT2D eigenvalue weighted by Crippen LogP contribution is -2.13. The molecular formula is C23H21F3N4O4. The van der Waals surface area contributed by atoms with Crippen LogP contribution in [0.1, 0.15) is 32.3 Å². The second-order valence-corrected chi connectivity index (χ2v) is 7.90. The number of aryl methyl sites for hydroxylation is 1. The van der Waals surface area contributed by atoms with Crippen LogP contribution in [-0.2, 0) is 17.5 Å². The molecule has 0 saturated carbocycles. The van der Waals surface area contributed by atoms with E-state index in [9.17, 15) is 18.0 Å². The molecule has 4 rings (SSSR count). The van der Waals surface area contributed by atoms with Gasteiger partial charge in [-0.05, 0) is 44.5 Å². The van der Waals surface area contributed by atoms with E-state index in [2.05, 4.69) is 15.2 Å². The lowest BCUT2D eigenvalue weighted by atomic mass is 10.1. The molecule has 8 nitrogen and oxygen atoms in total. The first-order valence-corrected chi connectivity index (χ1v) is 10.5. The highest BCUT2D eigenvalue weighted by molar-refractivity contribution is 5.93. The van der Waals surface area contributed by atoms with E-state index in [1.54, 1.807) is 36.9 Å². The zero-order valence-corrected chi connectivity index (χ0v) is 18.3. The van der Waals surface area contributed by atoms with E-state index in [1.807, 2.05) is 6.07 Å². The Morgan fingerprint density at radius 1 is 1.24 bits per heavy atom. The molecule has 1 N–H and O–H groups in total. The van der Waals surface area contributed by atoms with E-state index in [4.69, 9.17) is 14.4 Å². The van der Waals surface area contributed by atoms with Crippen molar-refractivity contribution in [3.8, 4) is 28.6 Å². The number of alkyl halides is 3. The molecular weight excluding hydrogens is 453 g/mol. The van der Waals surface area contributed by atoms with Crippen molar-refractivity contribution in [3.63, 3.8) is 0 Å². The molecule has 0 atom stereocenters. The summed E-state index contributed by atoms with van der Waals surface area (Å²) in [6, 6.07) is 8.95. The molecule has 0 saturated heterocycles. The Hall–Kier alpha value is -3.89. The molecule has 0 aliphatic heterocycles. The van der Waals surface area contributed by atoms with Gasteiger partial charge in [-0.3, -0.25) is 9.48 Å². The first-order chi connectivity index (χ1) is 16.1. The van der Waals surface area contributed by atoms with Crippen LogP contribution in [0.4, 0.5) is 13.2 Å². The number of ether oxygens (including phenoxy) is 1. The Morgan fingerprint density at radius 3 is 2.74 bits per heavy atom. The van der Waals surface area contributed by atoms with Crippen LogP contribution in [0, 0.1) is 0 Å². The van der Waals surface area contributed by atoms with Gasteiger partial charge in [0, 0.05) is 29.5 Å². The van der Waals surface area contributed by atoms with Gasteiger partial charge in [-0.2, -0.15) is 23.3 Å². The monoisotopic (exact) mass is 474 g/mol. The molecule has 0 fully saturated rings. The fraction of sp³-hybridized carbons (Fsp3) is 0.304. The predicted molar refractivity (Wildman–Crippen MR) is 116 cm³/mol. The number of fused-ring (bicyclic) bond motifs is 1. The number of nitrogens with zero attached hydrogens (tertiary/aromatic N) is 4. The number of aliphatic carboxylic acids is 1. The molecule has 34 heavy (non-hydrogen) atoms. The van der Waals surface area contributed by atoms with E-state index in [1.165, 1.54) is 12.1 Å². The van der Waals surface area contributed by atoms with Gasteiger partial charge in [-0.15, -0.1) is 0 Å². The summed E-state index contributed by atoms with van der Waals surface area (Å²) in [6.45, 7) is 3.71. The van der Waals surface area contributed by atoms with Crippen LogP contribution in [0.15, 0.2) is 47.1 Å². The lowest BCUT2D eigenvalue weighted by Gasteiger charge is -2.16. The summed E-state index contributed by atoms with van der Waals surface area (Å²) in [5, 5.41) is 17.8. The van der Waals surface area contributed by atoms with E-state index in [0.717, 1.165) is 11.6 Å². The fourth-order valence-corrected chi connectivity index (χ4v) is 3.55. The van der Waals surface area contributed by atoms with Gasteiger partial charge in [0.2, 0.25) is 5.82 Å². The summed E-state index contributed by atoms with van der Waals surface area (Å²) < 4.78 is 53.0. The first kappa shape index (κ1) is 23.3. The number of halogens is 3. The first-order valence-electron chi connectivity index (χ1n) is 10.5. The second kappa shape index (κ2) is 9.16. The van der Waals surface area contributed by atoms with Crippen LogP contribution < -0.4 is 4.74 Å². The van der Waals surface area contributed by atoms with Crippen molar-refractivity contribution in [1.29, 1.82) is 0 Å². The van der Waals surface area contributed by atoms with Crippen LogP contribution in [0.5, 0.6) is 5.75 Å². The smallest absolute Gasteiger partial charge is 0.419 e. The zero-order chi connectivity index (χ0) is 24.5. The third-order valence-corrected chi connectivity index (χ3v) is 5.01. The molecule has 0 spiro atoms. The summed E-state index contributed by atoms with van der Waals surface area (Å²) in [5.41, 5.74) is 0.526. The number of benzene rings is 2. The summed E-state index contributed by atoms with van der Waals surface area (Å²) in [5.74, 6) is -1.02. The highest BCUT2D eigenvalue weighted by Crippen LogP contribution is 2.39.